The number of thiophene rings is 1. The summed E-state index contributed by atoms with van der Waals surface area (Å²) in [5.74, 6) is -1.25. The van der Waals surface area contributed by atoms with Crippen molar-refractivity contribution in [3.63, 3.8) is 0 Å². The Morgan fingerprint density at radius 2 is 2.39 bits per heavy atom. The molecule has 6 heteroatoms. The summed E-state index contributed by atoms with van der Waals surface area (Å²) < 4.78 is 1.10. The van der Waals surface area contributed by atoms with E-state index in [1.165, 1.54) is 23.5 Å². The van der Waals surface area contributed by atoms with Gasteiger partial charge in [-0.1, -0.05) is 12.1 Å². The predicted molar refractivity (Wildman–Crippen MR) is 69.0 cm³/mol. The molecule has 0 aliphatic carbocycles. The molecule has 1 N–H and O–H groups in total. The number of nitrogens with zero attached hydrogens (tertiary/aromatic N) is 2. The maximum atomic E-state index is 11.8. The van der Waals surface area contributed by atoms with Crippen LogP contribution >= 0.6 is 11.3 Å². The molecule has 5 nitrogen and oxygen atoms in total. The van der Waals surface area contributed by atoms with Gasteiger partial charge in [0.05, 0.1) is 11.4 Å². The molecular formula is C12H10N2O3S. The molecule has 92 valence electrons. The lowest BCUT2D eigenvalue weighted by Crippen LogP contribution is -2.28. The van der Waals surface area contributed by atoms with Crippen LogP contribution in [-0.4, -0.2) is 20.9 Å². The first kappa shape index (κ1) is 12.3. The molecule has 2 rings (SSSR count). The van der Waals surface area contributed by atoms with Gasteiger partial charge in [0.15, 0.2) is 0 Å². The highest BCUT2D eigenvalue weighted by atomic mass is 32.1. The highest BCUT2D eigenvalue weighted by molar-refractivity contribution is 7.13. The zero-order valence-corrected chi connectivity index (χ0v) is 10.2. The van der Waals surface area contributed by atoms with Crippen LogP contribution in [0.5, 0.6) is 0 Å². The second-order valence-electron chi connectivity index (χ2n) is 3.50. The molecule has 2 aromatic heterocycles. The van der Waals surface area contributed by atoms with Gasteiger partial charge < -0.3 is 5.11 Å². The summed E-state index contributed by atoms with van der Waals surface area (Å²) in [7, 11) is 0. The molecular weight excluding hydrogens is 252 g/mol. The zero-order valence-electron chi connectivity index (χ0n) is 9.37. The molecule has 0 aliphatic heterocycles. The number of carboxylic acids is 1. The minimum absolute atomic E-state index is 0.179. The number of hydrogen-bond donors (Lipinski definition) is 1. The monoisotopic (exact) mass is 262 g/mol. The van der Waals surface area contributed by atoms with Gasteiger partial charge in [-0.15, -0.1) is 17.9 Å². The summed E-state index contributed by atoms with van der Waals surface area (Å²) in [5.41, 5.74) is -0.429. The van der Waals surface area contributed by atoms with Gasteiger partial charge in [-0.2, -0.15) is 5.10 Å². The van der Waals surface area contributed by atoms with Crippen molar-refractivity contribution in [2.24, 2.45) is 0 Å². The molecule has 0 saturated heterocycles. The molecule has 0 amide bonds. The predicted octanol–water partition coefficient (Wildman–Crippen LogP) is 1.86. The molecule has 0 aliphatic rings. The fourth-order valence-corrected chi connectivity index (χ4v) is 2.17. The summed E-state index contributed by atoms with van der Waals surface area (Å²) in [6.45, 7) is 3.70. The summed E-state index contributed by atoms with van der Waals surface area (Å²) >= 11 is 1.43. The molecule has 0 bridgehead atoms. The molecule has 0 fully saturated rings. The van der Waals surface area contributed by atoms with E-state index in [1.54, 1.807) is 0 Å². The number of rotatable bonds is 4. The standard InChI is InChI=1S/C12H10N2O3S/c1-2-5-14-11(15)8(12(16)17)7-9(13-14)10-4-3-6-18-10/h2-4,6-7H,1,5H2,(H,16,17). The van der Waals surface area contributed by atoms with E-state index in [-0.39, 0.29) is 12.1 Å². The minimum Gasteiger partial charge on any atom is -0.477 e. The van der Waals surface area contributed by atoms with Crippen LogP contribution in [0.1, 0.15) is 10.4 Å². The summed E-state index contributed by atoms with van der Waals surface area (Å²) in [4.78, 5) is 23.6. The first-order valence-electron chi connectivity index (χ1n) is 5.13. The molecule has 0 aromatic carbocycles. The highest BCUT2D eigenvalue weighted by Gasteiger charge is 2.15. The van der Waals surface area contributed by atoms with Crippen molar-refractivity contribution in [2.75, 3.05) is 0 Å². The Morgan fingerprint density at radius 1 is 1.61 bits per heavy atom. The Labute approximate surface area is 107 Å². The quantitative estimate of drug-likeness (QED) is 0.853. The maximum Gasteiger partial charge on any atom is 0.341 e. The first-order valence-corrected chi connectivity index (χ1v) is 6.01. The maximum absolute atomic E-state index is 11.8. The van der Waals surface area contributed by atoms with Crippen molar-refractivity contribution in [3.05, 3.63) is 52.2 Å². The van der Waals surface area contributed by atoms with Crippen LogP contribution in [0.25, 0.3) is 10.6 Å². The zero-order chi connectivity index (χ0) is 13.1. The summed E-state index contributed by atoms with van der Waals surface area (Å²) in [5, 5.41) is 15.0. The van der Waals surface area contributed by atoms with Gasteiger partial charge >= 0.3 is 5.97 Å². The summed E-state index contributed by atoms with van der Waals surface area (Å²) in [6.07, 6.45) is 1.50. The average molecular weight is 262 g/mol. The third-order valence-electron chi connectivity index (χ3n) is 2.28. The van der Waals surface area contributed by atoms with E-state index >= 15 is 0 Å². The topological polar surface area (TPSA) is 72.2 Å². The largest absolute Gasteiger partial charge is 0.477 e. The molecule has 0 spiro atoms. The van der Waals surface area contributed by atoms with Crippen LogP contribution in [0.4, 0.5) is 0 Å². The Bertz CT molecular complexity index is 644. The number of hydrogen-bond acceptors (Lipinski definition) is 4. The van der Waals surface area contributed by atoms with Gasteiger partial charge in [-0.3, -0.25) is 4.79 Å². The first-order chi connectivity index (χ1) is 8.63. The van der Waals surface area contributed by atoms with Crippen molar-refractivity contribution < 1.29 is 9.90 Å². The van der Waals surface area contributed by atoms with Gasteiger partial charge in [0.25, 0.3) is 5.56 Å². The third kappa shape index (κ3) is 2.23. The van der Waals surface area contributed by atoms with Crippen molar-refractivity contribution in [1.29, 1.82) is 0 Å². The van der Waals surface area contributed by atoms with E-state index in [0.29, 0.717) is 5.69 Å². The van der Waals surface area contributed by atoms with Gasteiger partial charge in [0.1, 0.15) is 11.3 Å². The van der Waals surface area contributed by atoms with Gasteiger partial charge in [0, 0.05) is 0 Å². The van der Waals surface area contributed by atoms with E-state index in [0.717, 1.165) is 9.56 Å². The number of aromatic carboxylic acids is 1. The number of aromatic nitrogens is 2. The van der Waals surface area contributed by atoms with Crippen LogP contribution < -0.4 is 5.56 Å². The normalized spacial score (nSPS) is 10.2. The Balaban J connectivity index is 2.66. The molecule has 0 atom stereocenters. The van der Waals surface area contributed by atoms with Crippen LogP contribution in [0.3, 0.4) is 0 Å². The third-order valence-corrected chi connectivity index (χ3v) is 3.17. The number of carbonyl (C=O) groups is 1. The molecule has 0 radical (unpaired) electrons. The number of carboxylic acid groups (broad SMARTS) is 1. The SMILES string of the molecule is C=CCn1nc(-c2cccs2)cc(C(=O)O)c1=O. The van der Waals surface area contributed by atoms with E-state index in [9.17, 15) is 9.59 Å². The molecule has 2 heterocycles. The van der Waals surface area contributed by atoms with Gasteiger partial charge in [-0.05, 0) is 17.5 Å². The molecule has 2 aromatic rings. The lowest BCUT2D eigenvalue weighted by Gasteiger charge is -2.05. The van der Waals surface area contributed by atoms with Crippen molar-refractivity contribution in [2.45, 2.75) is 6.54 Å². The fraction of sp³-hybridized carbons (Fsp3) is 0.0833. The summed E-state index contributed by atoms with van der Waals surface area (Å²) in [6, 6.07) is 4.96. The van der Waals surface area contributed by atoms with E-state index < -0.39 is 11.5 Å². The van der Waals surface area contributed by atoms with E-state index in [2.05, 4.69) is 11.7 Å². The van der Waals surface area contributed by atoms with Crippen molar-refractivity contribution in [3.8, 4) is 10.6 Å². The average Bonchev–Trinajstić information content (AvgIpc) is 2.85. The lowest BCUT2D eigenvalue weighted by molar-refractivity contribution is 0.0694. The second kappa shape index (κ2) is 4.97. The van der Waals surface area contributed by atoms with E-state index in [1.807, 2.05) is 17.5 Å². The minimum atomic E-state index is -1.25. The van der Waals surface area contributed by atoms with Crippen molar-refractivity contribution >= 4 is 17.3 Å². The van der Waals surface area contributed by atoms with Crippen LogP contribution in [0, 0.1) is 0 Å². The Kier molecular flexibility index (Phi) is 3.38. The number of allylic oxidation sites excluding steroid dienone is 1. The highest BCUT2D eigenvalue weighted by Crippen LogP contribution is 2.22. The Hall–Kier alpha value is -2.21. The van der Waals surface area contributed by atoms with Crippen LogP contribution in [0.2, 0.25) is 0 Å². The Morgan fingerprint density at radius 3 is 2.94 bits per heavy atom. The van der Waals surface area contributed by atoms with E-state index in [4.69, 9.17) is 5.11 Å². The van der Waals surface area contributed by atoms with Crippen LogP contribution in [0.15, 0.2) is 41.0 Å². The molecule has 0 saturated carbocycles. The molecule has 18 heavy (non-hydrogen) atoms. The van der Waals surface area contributed by atoms with Crippen molar-refractivity contribution in [1.82, 2.24) is 9.78 Å². The fourth-order valence-electron chi connectivity index (χ4n) is 1.49. The van der Waals surface area contributed by atoms with Crippen LogP contribution in [-0.2, 0) is 6.54 Å². The lowest BCUT2D eigenvalue weighted by atomic mass is 10.2. The second-order valence-corrected chi connectivity index (χ2v) is 4.45. The van der Waals surface area contributed by atoms with Gasteiger partial charge in [0.2, 0.25) is 0 Å². The molecule has 0 unspecified atom stereocenters. The van der Waals surface area contributed by atoms with Gasteiger partial charge in [-0.25, -0.2) is 9.48 Å². The smallest absolute Gasteiger partial charge is 0.341 e.